The minimum atomic E-state index is -2.93. The fourth-order valence-corrected chi connectivity index (χ4v) is 1.37. The summed E-state index contributed by atoms with van der Waals surface area (Å²) in [4.78, 5) is 22.4. The number of nitrogens with one attached hydrogen (secondary N) is 1. The van der Waals surface area contributed by atoms with Crippen LogP contribution in [0, 0.1) is 0 Å². The van der Waals surface area contributed by atoms with Gasteiger partial charge >= 0.3 is 12.6 Å². The van der Waals surface area contributed by atoms with Crippen molar-refractivity contribution in [3.8, 4) is 5.75 Å². The van der Waals surface area contributed by atoms with Gasteiger partial charge in [-0.2, -0.15) is 8.78 Å². The summed E-state index contributed by atoms with van der Waals surface area (Å²) in [5, 5.41) is 11.1. The molecule has 5 nitrogen and oxygen atoms in total. The lowest BCUT2D eigenvalue weighted by Crippen LogP contribution is -2.40. The SMILES string of the molecule is CC[C@@H](NC(=O)c1ccc(OC(F)F)cc1)C(=O)O. The average Bonchev–Trinajstić information content (AvgIpc) is 2.35. The normalized spacial score (nSPS) is 12.0. The Balaban J connectivity index is 2.70. The van der Waals surface area contributed by atoms with E-state index < -0.39 is 24.5 Å². The van der Waals surface area contributed by atoms with E-state index in [2.05, 4.69) is 10.1 Å². The van der Waals surface area contributed by atoms with Gasteiger partial charge in [0.05, 0.1) is 0 Å². The summed E-state index contributed by atoms with van der Waals surface area (Å²) >= 11 is 0. The summed E-state index contributed by atoms with van der Waals surface area (Å²) in [5.74, 6) is -1.79. The molecule has 19 heavy (non-hydrogen) atoms. The van der Waals surface area contributed by atoms with Crippen molar-refractivity contribution in [2.24, 2.45) is 0 Å². The molecule has 1 amide bonds. The van der Waals surface area contributed by atoms with Crippen LogP contribution in [0.1, 0.15) is 23.7 Å². The second-order valence-corrected chi connectivity index (χ2v) is 3.68. The van der Waals surface area contributed by atoms with Gasteiger partial charge in [0.1, 0.15) is 11.8 Å². The molecule has 2 N–H and O–H groups in total. The number of carboxylic acids is 1. The maximum absolute atomic E-state index is 11.9. The number of carbonyl (C=O) groups is 2. The van der Waals surface area contributed by atoms with Crippen molar-refractivity contribution in [3.63, 3.8) is 0 Å². The predicted octanol–water partition coefficient (Wildman–Crippen LogP) is 1.88. The molecular formula is C12H13F2NO4. The highest BCUT2D eigenvalue weighted by Gasteiger charge is 2.18. The number of carbonyl (C=O) groups excluding carboxylic acids is 1. The molecule has 0 aromatic heterocycles. The van der Waals surface area contributed by atoms with Crippen LogP contribution in [-0.4, -0.2) is 29.6 Å². The second kappa shape index (κ2) is 6.67. The topological polar surface area (TPSA) is 75.6 Å². The Morgan fingerprint density at radius 3 is 2.32 bits per heavy atom. The molecule has 1 rings (SSSR count). The first-order chi connectivity index (χ1) is 8.93. The highest BCUT2D eigenvalue weighted by atomic mass is 19.3. The lowest BCUT2D eigenvalue weighted by molar-refractivity contribution is -0.139. The van der Waals surface area contributed by atoms with Crippen molar-refractivity contribution in [1.29, 1.82) is 0 Å². The first-order valence-electron chi connectivity index (χ1n) is 5.52. The van der Waals surface area contributed by atoms with Crippen molar-refractivity contribution < 1.29 is 28.2 Å². The van der Waals surface area contributed by atoms with E-state index in [1.807, 2.05) is 0 Å². The number of aliphatic carboxylic acids is 1. The van der Waals surface area contributed by atoms with E-state index in [0.717, 1.165) is 0 Å². The Morgan fingerprint density at radius 1 is 1.32 bits per heavy atom. The molecule has 1 atom stereocenters. The molecule has 0 unspecified atom stereocenters. The van der Waals surface area contributed by atoms with Crippen molar-refractivity contribution in [2.45, 2.75) is 26.0 Å². The monoisotopic (exact) mass is 273 g/mol. The first-order valence-corrected chi connectivity index (χ1v) is 5.52. The molecule has 0 saturated heterocycles. The van der Waals surface area contributed by atoms with Crippen LogP contribution in [0.2, 0.25) is 0 Å². The summed E-state index contributed by atoms with van der Waals surface area (Å²) in [7, 11) is 0. The van der Waals surface area contributed by atoms with E-state index in [1.54, 1.807) is 6.92 Å². The Bertz CT molecular complexity index is 448. The van der Waals surface area contributed by atoms with Crippen molar-refractivity contribution >= 4 is 11.9 Å². The number of ether oxygens (including phenoxy) is 1. The van der Waals surface area contributed by atoms with Crippen LogP contribution in [0.4, 0.5) is 8.78 Å². The third-order valence-corrected chi connectivity index (χ3v) is 2.35. The van der Waals surface area contributed by atoms with Crippen LogP contribution in [0.3, 0.4) is 0 Å². The Morgan fingerprint density at radius 2 is 1.89 bits per heavy atom. The zero-order valence-corrected chi connectivity index (χ0v) is 10.1. The van der Waals surface area contributed by atoms with Gasteiger partial charge in [0.25, 0.3) is 5.91 Å². The summed E-state index contributed by atoms with van der Waals surface area (Å²) in [5.41, 5.74) is 0.168. The molecule has 0 bridgehead atoms. The number of alkyl halides is 2. The molecule has 0 heterocycles. The Kier molecular flexibility index (Phi) is 5.23. The molecular weight excluding hydrogens is 260 g/mol. The largest absolute Gasteiger partial charge is 0.480 e. The van der Waals surface area contributed by atoms with Crippen LogP contribution >= 0.6 is 0 Å². The van der Waals surface area contributed by atoms with Gasteiger partial charge in [-0.25, -0.2) is 4.79 Å². The van der Waals surface area contributed by atoms with Crippen LogP contribution < -0.4 is 10.1 Å². The van der Waals surface area contributed by atoms with E-state index in [-0.39, 0.29) is 17.7 Å². The summed E-state index contributed by atoms with van der Waals surface area (Å²) in [6.07, 6.45) is 0.244. The fraction of sp³-hybridized carbons (Fsp3) is 0.333. The lowest BCUT2D eigenvalue weighted by atomic mass is 10.1. The molecule has 1 aromatic rings. The number of carboxylic acid groups (broad SMARTS) is 1. The van der Waals surface area contributed by atoms with Gasteiger partial charge < -0.3 is 15.2 Å². The molecule has 104 valence electrons. The van der Waals surface area contributed by atoms with Gasteiger partial charge in [0.2, 0.25) is 0 Å². The zero-order valence-electron chi connectivity index (χ0n) is 10.1. The third kappa shape index (κ3) is 4.53. The standard InChI is InChI=1S/C12H13F2NO4/c1-2-9(11(17)18)15-10(16)7-3-5-8(6-4-7)19-12(13)14/h3-6,9,12H,2H2,1H3,(H,15,16)(H,17,18)/t9-/m1/s1. The minimum Gasteiger partial charge on any atom is -0.480 e. The van der Waals surface area contributed by atoms with E-state index >= 15 is 0 Å². The van der Waals surface area contributed by atoms with Crippen LogP contribution in [0.25, 0.3) is 0 Å². The first kappa shape index (κ1) is 14.9. The van der Waals surface area contributed by atoms with Crippen LogP contribution in [0.5, 0.6) is 5.75 Å². The molecule has 0 fully saturated rings. The van der Waals surface area contributed by atoms with Gasteiger partial charge in [-0.1, -0.05) is 6.92 Å². The van der Waals surface area contributed by atoms with Crippen molar-refractivity contribution in [3.05, 3.63) is 29.8 Å². The Labute approximate surface area is 108 Å². The van der Waals surface area contributed by atoms with E-state index in [0.29, 0.717) is 0 Å². The van der Waals surface area contributed by atoms with E-state index in [9.17, 15) is 18.4 Å². The molecule has 1 aromatic carbocycles. The van der Waals surface area contributed by atoms with Gasteiger partial charge in [-0.15, -0.1) is 0 Å². The lowest BCUT2D eigenvalue weighted by Gasteiger charge is -2.12. The number of halogens is 2. The number of hydrogen-bond acceptors (Lipinski definition) is 3. The van der Waals surface area contributed by atoms with Gasteiger partial charge in [0, 0.05) is 5.56 Å². The number of benzene rings is 1. The molecule has 0 saturated carbocycles. The highest BCUT2D eigenvalue weighted by Crippen LogP contribution is 2.15. The molecule has 7 heteroatoms. The highest BCUT2D eigenvalue weighted by molar-refractivity contribution is 5.96. The van der Waals surface area contributed by atoms with Crippen molar-refractivity contribution in [2.75, 3.05) is 0 Å². The molecule has 0 aliphatic carbocycles. The fourth-order valence-electron chi connectivity index (χ4n) is 1.37. The van der Waals surface area contributed by atoms with E-state index in [4.69, 9.17) is 5.11 Å². The maximum Gasteiger partial charge on any atom is 0.387 e. The molecule has 0 aliphatic heterocycles. The number of amides is 1. The van der Waals surface area contributed by atoms with Crippen LogP contribution in [-0.2, 0) is 4.79 Å². The smallest absolute Gasteiger partial charge is 0.387 e. The summed E-state index contributed by atoms with van der Waals surface area (Å²) in [6.45, 7) is -1.31. The number of rotatable bonds is 6. The quantitative estimate of drug-likeness (QED) is 0.829. The third-order valence-electron chi connectivity index (χ3n) is 2.35. The van der Waals surface area contributed by atoms with Gasteiger partial charge in [-0.05, 0) is 30.7 Å². The van der Waals surface area contributed by atoms with Crippen molar-refractivity contribution in [1.82, 2.24) is 5.32 Å². The minimum absolute atomic E-state index is 0.0724. The summed E-state index contributed by atoms with van der Waals surface area (Å²) < 4.78 is 28.0. The molecule has 0 spiro atoms. The predicted molar refractivity (Wildman–Crippen MR) is 62.3 cm³/mol. The van der Waals surface area contributed by atoms with Gasteiger partial charge in [0.15, 0.2) is 0 Å². The zero-order chi connectivity index (χ0) is 14.4. The maximum atomic E-state index is 11.9. The second-order valence-electron chi connectivity index (χ2n) is 3.68. The van der Waals surface area contributed by atoms with Gasteiger partial charge in [-0.3, -0.25) is 4.79 Å². The average molecular weight is 273 g/mol. The molecule has 0 aliphatic rings. The summed E-state index contributed by atoms with van der Waals surface area (Å²) in [6, 6.07) is 4.00. The molecule has 0 radical (unpaired) electrons. The van der Waals surface area contributed by atoms with Crippen LogP contribution in [0.15, 0.2) is 24.3 Å². The Hall–Kier alpha value is -2.18. The number of hydrogen-bond donors (Lipinski definition) is 2. The van der Waals surface area contributed by atoms with E-state index in [1.165, 1.54) is 24.3 Å².